The summed E-state index contributed by atoms with van der Waals surface area (Å²) in [5.74, 6) is 0. The van der Waals surface area contributed by atoms with E-state index in [1.807, 2.05) is 0 Å². The molecule has 0 unspecified atom stereocenters. The first-order valence-electron chi connectivity index (χ1n) is 0.783. The summed E-state index contributed by atoms with van der Waals surface area (Å²) in [6.07, 6.45) is 0. The average Bonchev–Trinajstić information content (AvgIpc) is 0.722. The molecule has 0 heterocycles. The standard InChI is InChI=1S/Fe.2Li.H3O4P.V.2H/c;;;1-5(2,3)4;;;/h;;;(H3,1,2,3,4);;;/q;2*+1;;;2*-1. The fraction of sp³-hybridized carbons (Fsp3) is 0. The van der Waals surface area contributed by atoms with E-state index in [1.165, 1.54) is 0 Å². The SMILES string of the molecule is O=P(O)(O)O.[Fe].[H-].[H-].[Li+].[Li+].[V]. The maximum Gasteiger partial charge on any atom is 1.00 e. The Hall–Kier alpha value is 2.41. The molecule has 0 aliphatic rings. The molecule has 0 aromatic heterocycles. The molecular weight excluding hydrogens is 216 g/mol. The first kappa shape index (κ1) is 30.1. The Balaban J connectivity index is -0.00000000533. The fourth-order valence-electron chi connectivity index (χ4n) is 0. The normalized spacial score (nSPS) is 6.56. The summed E-state index contributed by atoms with van der Waals surface area (Å²) in [7, 11) is -4.64. The Kier molecular flexibility index (Phi) is 43.6. The van der Waals surface area contributed by atoms with Crippen molar-refractivity contribution >= 4 is 7.82 Å². The van der Waals surface area contributed by atoms with Crippen molar-refractivity contribution in [3.8, 4) is 0 Å². The predicted octanol–water partition coefficient (Wildman–Crippen LogP) is -6.70. The second-order valence-corrected chi connectivity index (χ2v) is 1.54. The number of phosphoric acid groups is 1. The van der Waals surface area contributed by atoms with E-state index in [0.29, 0.717) is 0 Å². The van der Waals surface area contributed by atoms with Crippen LogP contribution in [0.1, 0.15) is 2.85 Å². The second-order valence-electron chi connectivity index (χ2n) is 0.513. The molecule has 0 fully saturated rings. The van der Waals surface area contributed by atoms with Gasteiger partial charge in [0.05, 0.1) is 0 Å². The monoisotopic (exact) mass is 221 g/mol. The average molecular weight is 221 g/mol. The van der Waals surface area contributed by atoms with Crippen LogP contribution in [-0.4, -0.2) is 14.7 Å². The van der Waals surface area contributed by atoms with Crippen molar-refractivity contribution in [1.29, 1.82) is 0 Å². The van der Waals surface area contributed by atoms with E-state index in [1.54, 1.807) is 0 Å². The Morgan fingerprint density at radius 3 is 1.11 bits per heavy atom. The molecule has 0 saturated heterocycles. The first-order chi connectivity index (χ1) is 2.00. The van der Waals surface area contributed by atoms with Gasteiger partial charge in [-0.25, -0.2) is 4.57 Å². The Labute approximate surface area is 102 Å². The van der Waals surface area contributed by atoms with Gasteiger partial charge in [-0.3, -0.25) is 0 Å². The summed E-state index contributed by atoms with van der Waals surface area (Å²) in [6.45, 7) is 0. The van der Waals surface area contributed by atoms with Crippen molar-refractivity contribution in [2.24, 2.45) is 0 Å². The van der Waals surface area contributed by atoms with Gasteiger partial charge in [-0.1, -0.05) is 0 Å². The van der Waals surface area contributed by atoms with Crippen molar-refractivity contribution < 1.29 is 95.4 Å². The molecule has 4 nitrogen and oxygen atoms in total. The van der Waals surface area contributed by atoms with Crippen molar-refractivity contribution in [3.05, 3.63) is 0 Å². The van der Waals surface area contributed by atoms with Gasteiger partial charge < -0.3 is 17.5 Å². The second kappa shape index (κ2) is 13.0. The van der Waals surface area contributed by atoms with Gasteiger partial charge in [0.15, 0.2) is 0 Å². The Morgan fingerprint density at radius 2 is 1.11 bits per heavy atom. The minimum atomic E-state index is -4.64. The molecule has 0 aliphatic carbocycles. The van der Waals surface area contributed by atoms with Gasteiger partial charge in [-0.2, -0.15) is 0 Å². The molecule has 0 amide bonds. The maximum atomic E-state index is 8.88. The third-order valence-electron chi connectivity index (χ3n) is 0. The van der Waals surface area contributed by atoms with Crippen LogP contribution in [0.15, 0.2) is 0 Å². The van der Waals surface area contributed by atoms with Gasteiger partial charge in [0.2, 0.25) is 0 Å². The molecule has 0 bridgehead atoms. The molecule has 49 valence electrons. The van der Waals surface area contributed by atoms with Gasteiger partial charge in [0.25, 0.3) is 0 Å². The van der Waals surface area contributed by atoms with Crippen LogP contribution in [0.5, 0.6) is 0 Å². The summed E-state index contributed by atoms with van der Waals surface area (Å²) in [5, 5.41) is 0. The molecule has 1 radical (unpaired) electrons. The summed E-state index contributed by atoms with van der Waals surface area (Å²) in [5.41, 5.74) is 0. The van der Waals surface area contributed by atoms with Gasteiger partial charge in [-0.15, -0.1) is 0 Å². The third-order valence-corrected chi connectivity index (χ3v) is 0. The van der Waals surface area contributed by atoms with Crippen molar-refractivity contribution in [1.82, 2.24) is 0 Å². The Bertz CT molecular complexity index is 72.2. The molecule has 0 aromatic rings. The quantitative estimate of drug-likeness (QED) is 0.280. The van der Waals surface area contributed by atoms with Crippen LogP contribution in [0.3, 0.4) is 0 Å². The van der Waals surface area contributed by atoms with Crippen LogP contribution in [-0.2, 0) is 40.2 Å². The summed E-state index contributed by atoms with van der Waals surface area (Å²) < 4.78 is 8.88. The van der Waals surface area contributed by atoms with Crippen LogP contribution in [0.2, 0.25) is 0 Å². The van der Waals surface area contributed by atoms with Crippen LogP contribution < -0.4 is 37.7 Å². The van der Waals surface area contributed by atoms with E-state index in [9.17, 15) is 0 Å². The molecule has 3 N–H and O–H groups in total. The topological polar surface area (TPSA) is 77.8 Å². The predicted molar refractivity (Wildman–Crippen MR) is 16.5 cm³/mol. The molecule has 9 heavy (non-hydrogen) atoms. The summed E-state index contributed by atoms with van der Waals surface area (Å²) >= 11 is 0. The minimum absolute atomic E-state index is 0. The molecule has 0 aliphatic heterocycles. The molecule has 0 saturated carbocycles. The molecule has 0 aromatic carbocycles. The van der Waals surface area contributed by atoms with Crippen molar-refractivity contribution in [2.75, 3.05) is 0 Å². The van der Waals surface area contributed by atoms with E-state index in [2.05, 4.69) is 0 Å². The molecule has 9 heteroatoms. The molecule has 0 rings (SSSR count). The summed E-state index contributed by atoms with van der Waals surface area (Å²) in [6, 6.07) is 0. The zero-order valence-corrected chi connectivity index (χ0v) is 8.39. The zero-order chi connectivity index (χ0) is 4.50. The van der Waals surface area contributed by atoms with Gasteiger partial charge in [-0.05, 0) is 0 Å². The van der Waals surface area contributed by atoms with Crippen LogP contribution >= 0.6 is 7.82 Å². The maximum absolute atomic E-state index is 8.88. The smallest absolute Gasteiger partial charge is 1.00 e. The van der Waals surface area contributed by atoms with Crippen molar-refractivity contribution in [3.63, 3.8) is 0 Å². The van der Waals surface area contributed by atoms with Gasteiger partial charge in [0.1, 0.15) is 0 Å². The van der Waals surface area contributed by atoms with Crippen molar-refractivity contribution in [2.45, 2.75) is 0 Å². The van der Waals surface area contributed by atoms with E-state index in [4.69, 9.17) is 19.2 Å². The molecular formula is H5FeLi2O4PV. The number of rotatable bonds is 0. The third kappa shape index (κ3) is 127. The zero-order valence-electron chi connectivity index (χ0n) is 7.00. The van der Waals surface area contributed by atoms with E-state index >= 15 is 0 Å². The van der Waals surface area contributed by atoms with Gasteiger partial charge >= 0.3 is 45.5 Å². The van der Waals surface area contributed by atoms with E-state index < -0.39 is 7.82 Å². The fourth-order valence-corrected chi connectivity index (χ4v) is 0. The van der Waals surface area contributed by atoms with Crippen LogP contribution in [0.4, 0.5) is 0 Å². The van der Waals surface area contributed by atoms with Gasteiger partial charge in [0, 0.05) is 35.6 Å². The number of hydrogen-bond acceptors (Lipinski definition) is 1. The van der Waals surface area contributed by atoms with E-state index in [-0.39, 0.29) is 76.2 Å². The largest absolute Gasteiger partial charge is 1.00 e. The summed E-state index contributed by atoms with van der Waals surface area (Å²) in [4.78, 5) is 21.6. The first-order valence-corrected chi connectivity index (χ1v) is 2.35. The van der Waals surface area contributed by atoms with Crippen LogP contribution in [0, 0.1) is 0 Å². The van der Waals surface area contributed by atoms with Crippen LogP contribution in [0.25, 0.3) is 0 Å². The Morgan fingerprint density at radius 1 is 1.11 bits per heavy atom. The van der Waals surface area contributed by atoms with E-state index in [0.717, 1.165) is 0 Å². The number of hydrogen-bond donors (Lipinski definition) is 3. The minimum Gasteiger partial charge on any atom is -1.00 e. The molecule has 0 spiro atoms. The molecule has 0 atom stereocenters.